The Kier molecular flexibility index (Phi) is 14.5. The van der Waals surface area contributed by atoms with Gasteiger partial charge in [0, 0.05) is 0 Å². The third-order valence-corrected chi connectivity index (χ3v) is 0. The van der Waals surface area contributed by atoms with Crippen molar-refractivity contribution in [2.45, 2.75) is 0 Å². The first-order valence-corrected chi connectivity index (χ1v) is 7.63. The summed E-state index contributed by atoms with van der Waals surface area (Å²) in [6.45, 7) is 0. The van der Waals surface area contributed by atoms with Crippen molar-refractivity contribution in [1.82, 2.24) is 0 Å². The van der Waals surface area contributed by atoms with Gasteiger partial charge in [-0.1, -0.05) is 0 Å². The molecule has 0 unspecified atom stereocenters. The van der Waals surface area contributed by atoms with Gasteiger partial charge in [-0.05, 0) is 0 Å². The first-order chi connectivity index (χ1) is 6.00. The van der Waals surface area contributed by atoms with E-state index in [0.717, 1.165) is 0 Å². The third-order valence-electron chi connectivity index (χ3n) is 0. The zero-order valence-electron chi connectivity index (χ0n) is 6.03. The Morgan fingerprint density at radius 1 is 0.438 bits per heavy atom. The molecule has 0 aromatic carbocycles. The molecule has 0 saturated carbocycles. The molecule has 0 spiro atoms. The molecular weight excluding hydrogens is 432 g/mol. The summed E-state index contributed by atoms with van der Waals surface area (Å²) in [5.74, 6) is 0. The van der Waals surface area contributed by atoms with Crippen LogP contribution in [0, 0.1) is 0 Å². The maximum absolute atomic E-state index is 8.58. The van der Waals surface area contributed by atoms with E-state index in [2.05, 4.69) is 0 Å². The Morgan fingerprint density at radius 3 is 0.438 bits per heavy atom. The molecule has 0 N–H and O–H groups in total. The van der Waals surface area contributed by atoms with Crippen LogP contribution in [0.5, 0.6) is 0 Å². The molecule has 0 rings (SSSR count). The number of rotatable bonds is 0. The van der Waals surface area contributed by atoms with Crippen molar-refractivity contribution in [3.05, 3.63) is 0 Å². The average Bonchev–Trinajstić information content (AvgIpc) is 1.41. The van der Waals surface area contributed by atoms with Crippen molar-refractivity contribution in [2.24, 2.45) is 0 Å². The molecule has 16 heteroatoms. The van der Waals surface area contributed by atoms with Crippen LogP contribution in [0.3, 0.4) is 0 Å². The van der Waals surface area contributed by atoms with Crippen LogP contribution in [0.4, 0.5) is 0 Å². The van der Waals surface area contributed by atoms with Gasteiger partial charge in [0.1, 0.15) is 0 Å². The van der Waals surface area contributed by atoms with Gasteiger partial charge in [-0.15, -0.1) is 0 Å². The second kappa shape index (κ2) is 9.25. The number of hydrogen-bond donors (Lipinski definition) is 0. The van der Waals surface area contributed by atoms with E-state index in [1.165, 1.54) is 0 Å². The van der Waals surface area contributed by atoms with Gasteiger partial charge in [0.2, 0.25) is 0 Å². The van der Waals surface area contributed by atoms with Gasteiger partial charge in [0.05, 0.1) is 0 Å². The summed E-state index contributed by atoms with van der Waals surface area (Å²) in [5.41, 5.74) is 0. The average molecular weight is 438 g/mol. The van der Waals surface area contributed by atoms with E-state index in [9.17, 15) is 0 Å². The maximum atomic E-state index is 8.58. The molecular formula is H6AsMn3O12. The van der Waals surface area contributed by atoms with Gasteiger partial charge >= 0.3 is 104 Å². The van der Waals surface area contributed by atoms with Crippen LogP contribution in [-0.4, -0.2) is 18.0 Å². The monoisotopic (exact) mass is 438 g/mol. The first-order valence-electron chi connectivity index (χ1n) is 1.85. The van der Waals surface area contributed by atoms with Crippen molar-refractivity contribution in [3.63, 3.8) is 0 Å². The van der Waals surface area contributed by atoms with Crippen LogP contribution < -0.4 is 12.6 Å². The molecule has 0 fully saturated rings. The Labute approximate surface area is 103 Å². The Balaban J connectivity index is -0.0000000655. The molecule has 0 aromatic rings. The van der Waals surface area contributed by atoms with Gasteiger partial charge in [-0.2, -0.15) is 0 Å². The summed E-state index contributed by atoms with van der Waals surface area (Å²) < 4.78 is 103. The standard InChI is InChI=1S/AsH6.3Mn.12O/h1H6;;;;;;;;;;;;;;;/q+3;;;;;;;;;;;;;3*-1. The molecule has 0 radical (unpaired) electrons. The van der Waals surface area contributed by atoms with Crippen LogP contribution in [0.2, 0.25) is 0 Å². The minimum absolute atomic E-state index is 0. The van der Waals surface area contributed by atoms with Crippen LogP contribution >= 0.6 is 0 Å². The zero-order valence-corrected chi connectivity index (χ0v) is 9.57. The zero-order chi connectivity index (χ0) is 13.5. The predicted octanol–water partition coefficient (Wildman–Crippen LogP) is -6.63. The van der Waals surface area contributed by atoms with E-state index in [1.54, 1.807) is 0 Å². The molecule has 0 aliphatic heterocycles. The summed E-state index contributed by atoms with van der Waals surface area (Å²) in [6, 6.07) is 0. The molecule has 0 aliphatic carbocycles. The molecule has 104 valence electrons. The second-order valence-electron chi connectivity index (χ2n) is 1.13. The van der Waals surface area contributed by atoms with E-state index >= 15 is 0 Å². The van der Waals surface area contributed by atoms with Crippen molar-refractivity contribution in [2.75, 3.05) is 0 Å². The fourth-order valence-electron chi connectivity index (χ4n) is 0. The summed E-state index contributed by atoms with van der Waals surface area (Å²) in [5, 5.41) is 0. The second-order valence-corrected chi connectivity index (χ2v) is 4.68. The van der Waals surface area contributed by atoms with Crippen LogP contribution in [-0.2, 0) is 73.4 Å². The van der Waals surface area contributed by atoms with E-state index in [4.69, 9.17) is 47.1 Å². The topological polar surface area (TPSA) is 223 Å². The van der Waals surface area contributed by atoms with Crippen molar-refractivity contribution < 1.29 is 86.0 Å². The fraction of sp³-hybridized carbons (Fsp3) is 0. The van der Waals surface area contributed by atoms with Crippen molar-refractivity contribution in [1.29, 1.82) is 0 Å². The quantitative estimate of drug-likeness (QED) is 0.322. The minimum atomic E-state index is -5.62. The Hall–Kier alpha value is 0.197. The first kappa shape index (κ1) is 25.1. The van der Waals surface area contributed by atoms with Crippen LogP contribution in [0.1, 0.15) is 0 Å². The SMILES string of the molecule is [AsH6+3].[O]=[Mn](=[O])(=[O])[O-].[O]=[Mn](=[O])(=[O])[O-].[O]=[Mn](=[O])(=[O])[O-]. The van der Waals surface area contributed by atoms with Crippen LogP contribution in [0.15, 0.2) is 0 Å². The van der Waals surface area contributed by atoms with Crippen molar-refractivity contribution >= 4 is 18.0 Å². The molecule has 0 aromatic heterocycles. The van der Waals surface area contributed by atoms with Crippen molar-refractivity contribution in [3.8, 4) is 0 Å². The van der Waals surface area contributed by atoms with Gasteiger partial charge < -0.3 is 0 Å². The van der Waals surface area contributed by atoms with E-state index in [-0.39, 0.29) is 18.0 Å². The molecule has 0 amide bonds. The molecule has 0 saturated heterocycles. The molecule has 0 heterocycles. The van der Waals surface area contributed by atoms with E-state index in [0.29, 0.717) is 0 Å². The Bertz CT molecular complexity index is 480. The number of hydrogen-bond acceptors (Lipinski definition) is 12. The summed E-state index contributed by atoms with van der Waals surface area (Å²) in [6.07, 6.45) is 0. The molecule has 16 heavy (non-hydrogen) atoms. The Morgan fingerprint density at radius 2 is 0.438 bits per heavy atom. The van der Waals surface area contributed by atoms with E-state index in [1.807, 2.05) is 0 Å². The molecule has 12 nitrogen and oxygen atoms in total. The third kappa shape index (κ3) is 63800. The summed E-state index contributed by atoms with van der Waals surface area (Å²) in [4.78, 5) is 0. The summed E-state index contributed by atoms with van der Waals surface area (Å²) in [7, 11) is 0. The predicted molar refractivity (Wildman–Crippen MR) is 20.3 cm³/mol. The molecule has 0 bridgehead atoms. The van der Waals surface area contributed by atoms with Crippen LogP contribution in [0.25, 0.3) is 0 Å². The summed E-state index contributed by atoms with van der Waals surface area (Å²) >= 11 is -16.9. The van der Waals surface area contributed by atoms with Gasteiger partial charge in [0.15, 0.2) is 0 Å². The fourth-order valence-corrected chi connectivity index (χ4v) is 0. The molecule has 0 aliphatic rings. The van der Waals surface area contributed by atoms with Gasteiger partial charge in [-0.25, -0.2) is 0 Å². The normalized spacial score (nSPS) is 10.7. The van der Waals surface area contributed by atoms with E-state index < -0.39 is 38.9 Å². The van der Waals surface area contributed by atoms with Gasteiger partial charge in [-0.3, -0.25) is 0 Å². The van der Waals surface area contributed by atoms with Gasteiger partial charge in [0.25, 0.3) is 0 Å². The molecule has 0 atom stereocenters.